The van der Waals surface area contributed by atoms with Crippen LogP contribution < -0.4 is 5.32 Å². The predicted octanol–water partition coefficient (Wildman–Crippen LogP) is 4.45. The largest absolute Gasteiger partial charge is 0.315 e. The van der Waals surface area contributed by atoms with Crippen LogP contribution in [-0.4, -0.2) is 37.1 Å². The van der Waals surface area contributed by atoms with Crippen LogP contribution in [-0.2, 0) is 0 Å². The maximum atomic E-state index is 3.94. The molecule has 2 atom stereocenters. The summed E-state index contributed by atoms with van der Waals surface area (Å²) >= 11 is 0. The van der Waals surface area contributed by atoms with Crippen molar-refractivity contribution in [2.45, 2.75) is 83.1 Å². The fourth-order valence-electron chi connectivity index (χ4n) is 8.09. The molecular formula is C22H38N2. The summed E-state index contributed by atoms with van der Waals surface area (Å²) in [6, 6.07) is 0.939. The van der Waals surface area contributed by atoms with Crippen LogP contribution in [0.4, 0.5) is 0 Å². The lowest BCUT2D eigenvalue weighted by Crippen LogP contribution is -2.52. The molecule has 5 saturated carbocycles. The van der Waals surface area contributed by atoms with Crippen molar-refractivity contribution in [3.8, 4) is 0 Å². The molecule has 6 fully saturated rings. The number of piperidine rings is 1. The molecule has 0 radical (unpaired) electrons. The second kappa shape index (κ2) is 6.58. The summed E-state index contributed by atoms with van der Waals surface area (Å²) in [7, 11) is 0. The SMILES string of the molecule is C1CCC2C(C1)CCCN2CCNCC12CC3CC(CC(C3)C1)C2. The minimum atomic E-state index is 0.712. The Bertz CT molecular complexity index is 408. The third-order valence-electron chi connectivity index (χ3n) is 8.60. The summed E-state index contributed by atoms with van der Waals surface area (Å²) in [5.41, 5.74) is 0.712. The van der Waals surface area contributed by atoms with Crippen LogP contribution in [0.25, 0.3) is 0 Å². The van der Waals surface area contributed by atoms with E-state index in [2.05, 4.69) is 10.2 Å². The molecule has 6 rings (SSSR count). The van der Waals surface area contributed by atoms with Gasteiger partial charge in [-0.2, -0.15) is 0 Å². The van der Waals surface area contributed by atoms with Crippen molar-refractivity contribution in [3.63, 3.8) is 0 Å². The highest BCUT2D eigenvalue weighted by atomic mass is 15.2. The first-order chi connectivity index (χ1) is 11.8. The lowest BCUT2D eigenvalue weighted by atomic mass is 9.49. The molecule has 1 N–H and O–H groups in total. The van der Waals surface area contributed by atoms with Crippen molar-refractivity contribution in [2.75, 3.05) is 26.2 Å². The molecule has 2 nitrogen and oxygen atoms in total. The van der Waals surface area contributed by atoms with Crippen molar-refractivity contribution < 1.29 is 0 Å². The first-order valence-corrected chi connectivity index (χ1v) is 11.2. The van der Waals surface area contributed by atoms with E-state index in [1.807, 2.05) is 0 Å². The first-order valence-electron chi connectivity index (χ1n) is 11.2. The molecular weight excluding hydrogens is 292 g/mol. The van der Waals surface area contributed by atoms with Gasteiger partial charge in [-0.25, -0.2) is 0 Å². The molecule has 0 aromatic carbocycles. The van der Waals surface area contributed by atoms with Gasteiger partial charge in [0.15, 0.2) is 0 Å². The van der Waals surface area contributed by atoms with Crippen LogP contribution in [0.3, 0.4) is 0 Å². The van der Waals surface area contributed by atoms with Crippen LogP contribution in [0, 0.1) is 29.1 Å². The van der Waals surface area contributed by atoms with Crippen molar-refractivity contribution in [2.24, 2.45) is 29.1 Å². The average Bonchev–Trinajstić information content (AvgIpc) is 2.58. The molecule has 2 unspecified atom stereocenters. The zero-order valence-electron chi connectivity index (χ0n) is 15.6. The molecule has 0 aromatic heterocycles. The van der Waals surface area contributed by atoms with Crippen LogP contribution in [0.5, 0.6) is 0 Å². The fourth-order valence-corrected chi connectivity index (χ4v) is 8.09. The Balaban J connectivity index is 1.11. The highest BCUT2D eigenvalue weighted by molar-refractivity contribution is 5.02. The quantitative estimate of drug-likeness (QED) is 0.749. The third-order valence-corrected chi connectivity index (χ3v) is 8.60. The molecule has 136 valence electrons. The van der Waals surface area contributed by atoms with Crippen LogP contribution >= 0.6 is 0 Å². The average molecular weight is 331 g/mol. The first kappa shape index (κ1) is 16.1. The van der Waals surface area contributed by atoms with Crippen molar-refractivity contribution >= 4 is 0 Å². The van der Waals surface area contributed by atoms with E-state index >= 15 is 0 Å². The highest BCUT2D eigenvalue weighted by Crippen LogP contribution is 2.59. The molecule has 6 aliphatic rings. The smallest absolute Gasteiger partial charge is 0.0124 e. The van der Waals surface area contributed by atoms with Gasteiger partial charge in [-0.3, -0.25) is 4.90 Å². The molecule has 2 heteroatoms. The number of nitrogens with zero attached hydrogens (tertiary/aromatic N) is 1. The van der Waals surface area contributed by atoms with Crippen molar-refractivity contribution in [3.05, 3.63) is 0 Å². The normalized spacial score (nSPS) is 47.8. The number of rotatable bonds is 5. The van der Waals surface area contributed by atoms with E-state index in [0.29, 0.717) is 5.41 Å². The molecule has 0 amide bonds. The van der Waals surface area contributed by atoms with E-state index in [1.54, 1.807) is 38.5 Å². The van der Waals surface area contributed by atoms with Crippen LogP contribution in [0.2, 0.25) is 0 Å². The van der Waals surface area contributed by atoms with Gasteiger partial charge in [0.2, 0.25) is 0 Å². The van der Waals surface area contributed by atoms with Gasteiger partial charge in [-0.15, -0.1) is 0 Å². The van der Waals surface area contributed by atoms with Gasteiger partial charge < -0.3 is 5.32 Å². The standard InChI is InChI=1S/C22H38N2/c1-2-6-21-20(4-1)5-3-8-24(21)9-7-23-16-22-13-17-10-18(14-22)12-19(11-17)15-22/h17-21,23H,1-16H2. The Kier molecular flexibility index (Phi) is 4.42. The van der Waals surface area contributed by atoms with Gasteiger partial charge in [0.25, 0.3) is 0 Å². The van der Waals surface area contributed by atoms with Crippen LogP contribution in [0.15, 0.2) is 0 Å². The number of hydrogen-bond donors (Lipinski definition) is 1. The van der Waals surface area contributed by atoms with Gasteiger partial charge in [0.05, 0.1) is 0 Å². The molecule has 5 aliphatic carbocycles. The Morgan fingerprint density at radius 2 is 1.50 bits per heavy atom. The zero-order valence-corrected chi connectivity index (χ0v) is 15.6. The van der Waals surface area contributed by atoms with E-state index in [4.69, 9.17) is 0 Å². The fraction of sp³-hybridized carbons (Fsp3) is 1.00. The Hall–Kier alpha value is -0.0800. The Morgan fingerprint density at radius 1 is 0.833 bits per heavy atom. The second-order valence-electron chi connectivity index (χ2n) is 10.4. The summed E-state index contributed by atoms with van der Waals surface area (Å²) in [6.07, 6.45) is 18.4. The van der Waals surface area contributed by atoms with E-state index in [-0.39, 0.29) is 0 Å². The zero-order chi connectivity index (χ0) is 16.0. The van der Waals surface area contributed by atoms with Crippen molar-refractivity contribution in [1.29, 1.82) is 0 Å². The third kappa shape index (κ3) is 3.07. The number of fused-ring (bicyclic) bond motifs is 1. The summed E-state index contributed by atoms with van der Waals surface area (Å²) in [5.74, 6) is 4.34. The number of likely N-dealkylation sites (tertiary alicyclic amines) is 1. The summed E-state index contributed by atoms with van der Waals surface area (Å²) in [6.45, 7) is 5.26. The van der Waals surface area contributed by atoms with E-state index in [9.17, 15) is 0 Å². The van der Waals surface area contributed by atoms with Gasteiger partial charge in [-0.1, -0.05) is 12.8 Å². The second-order valence-corrected chi connectivity index (χ2v) is 10.4. The number of hydrogen-bond acceptors (Lipinski definition) is 2. The number of nitrogens with one attached hydrogen (secondary N) is 1. The monoisotopic (exact) mass is 330 g/mol. The summed E-state index contributed by atoms with van der Waals surface area (Å²) in [4.78, 5) is 2.86. The molecule has 1 heterocycles. The molecule has 0 spiro atoms. The highest BCUT2D eigenvalue weighted by Gasteiger charge is 2.50. The summed E-state index contributed by atoms with van der Waals surface area (Å²) in [5, 5.41) is 3.94. The van der Waals surface area contributed by atoms with Crippen LogP contribution in [0.1, 0.15) is 77.0 Å². The Morgan fingerprint density at radius 3 is 2.25 bits per heavy atom. The minimum absolute atomic E-state index is 0.712. The predicted molar refractivity (Wildman–Crippen MR) is 100 cm³/mol. The topological polar surface area (TPSA) is 15.3 Å². The lowest BCUT2D eigenvalue weighted by molar-refractivity contribution is -0.0516. The van der Waals surface area contributed by atoms with E-state index in [0.717, 1.165) is 29.7 Å². The molecule has 4 bridgehead atoms. The van der Waals surface area contributed by atoms with Gasteiger partial charge in [0, 0.05) is 25.7 Å². The van der Waals surface area contributed by atoms with Crippen molar-refractivity contribution in [1.82, 2.24) is 10.2 Å². The lowest BCUT2D eigenvalue weighted by Gasteiger charge is -2.57. The molecule has 1 saturated heterocycles. The van der Waals surface area contributed by atoms with Gasteiger partial charge in [0.1, 0.15) is 0 Å². The summed E-state index contributed by atoms with van der Waals surface area (Å²) < 4.78 is 0. The van der Waals surface area contributed by atoms with Gasteiger partial charge >= 0.3 is 0 Å². The van der Waals surface area contributed by atoms with E-state index < -0.39 is 0 Å². The maximum absolute atomic E-state index is 3.94. The van der Waals surface area contributed by atoms with E-state index in [1.165, 1.54) is 64.7 Å². The van der Waals surface area contributed by atoms with Gasteiger partial charge in [-0.05, 0) is 99.8 Å². The minimum Gasteiger partial charge on any atom is -0.315 e. The molecule has 1 aliphatic heterocycles. The molecule has 24 heavy (non-hydrogen) atoms. The molecule has 0 aromatic rings. The Labute approximate surface area is 149 Å². The maximum Gasteiger partial charge on any atom is 0.0124 e.